The molecule has 0 radical (unpaired) electrons. The van der Waals surface area contributed by atoms with Crippen molar-refractivity contribution in [2.45, 2.75) is 43.7 Å². The molecule has 0 bridgehead atoms. The summed E-state index contributed by atoms with van der Waals surface area (Å²) in [7, 11) is 1.40. The molecule has 1 saturated heterocycles. The van der Waals surface area contributed by atoms with Gasteiger partial charge in [-0.2, -0.15) is 0 Å². The highest BCUT2D eigenvalue weighted by molar-refractivity contribution is 6.22. The maximum absolute atomic E-state index is 11.9. The smallest absolute Gasteiger partial charge is 0.323 e. The molecule has 4 rings (SSSR count). The molecule has 0 aliphatic carbocycles. The van der Waals surface area contributed by atoms with Gasteiger partial charge in [-0.25, -0.2) is 4.98 Å². The highest BCUT2D eigenvalue weighted by Crippen LogP contribution is 2.49. The molecule has 3 heterocycles. The standard InChI is InChI=1S/C19H21ClN2O3/c1-10-4-5-14-12(6-10)16-13(20)7-19(25-17(16)11(2)22-14)8-15(21-9-19)18(23)24-3/h4-6,13,15,21H,7-9H2,1-3H3. The molecule has 3 unspecified atom stereocenters. The van der Waals surface area contributed by atoms with E-state index in [4.69, 9.17) is 26.1 Å². The van der Waals surface area contributed by atoms with Crippen LogP contribution >= 0.6 is 11.6 Å². The first-order valence-corrected chi connectivity index (χ1v) is 8.91. The van der Waals surface area contributed by atoms with Gasteiger partial charge in [0.25, 0.3) is 0 Å². The number of fused-ring (bicyclic) bond motifs is 3. The highest BCUT2D eigenvalue weighted by atomic mass is 35.5. The van der Waals surface area contributed by atoms with E-state index in [1.54, 1.807) is 0 Å². The van der Waals surface area contributed by atoms with Crippen molar-refractivity contribution in [1.29, 1.82) is 0 Å². The Kier molecular flexibility index (Phi) is 3.89. The van der Waals surface area contributed by atoms with E-state index in [2.05, 4.69) is 24.4 Å². The molecule has 0 saturated carbocycles. The zero-order valence-corrected chi connectivity index (χ0v) is 15.3. The molecule has 6 heteroatoms. The van der Waals surface area contributed by atoms with E-state index in [9.17, 15) is 4.79 Å². The predicted molar refractivity (Wildman–Crippen MR) is 96.2 cm³/mol. The quantitative estimate of drug-likeness (QED) is 0.625. The average Bonchev–Trinajstić information content (AvgIpc) is 2.98. The van der Waals surface area contributed by atoms with E-state index in [0.717, 1.165) is 33.5 Å². The Labute approximate surface area is 151 Å². The van der Waals surface area contributed by atoms with E-state index < -0.39 is 5.60 Å². The Morgan fingerprint density at radius 2 is 2.20 bits per heavy atom. The lowest BCUT2D eigenvalue weighted by atomic mass is 9.86. The van der Waals surface area contributed by atoms with Gasteiger partial charge in [-0.3, -0.25) is 4.79 Å². The van der Waals surface area contributed by atoms with Gasteiger partial charge < -0.3 is 14.8 Å². The second-order valence-corrected chi connectivity index (χ2v) is 7.60. The van der Waals surface area contributed by atoms with Crippen LogP contribution in [0.15, 0.2) is 18.2 Å². The number of aryl methyl sites for hydroxylation is 2. The Balaban J connectivity index is 1.78. The number of pyridine rings is 1. The van der Waals surface area contributed by atoms with Crippen LogP contribution in [-0.4, -0.2) is 36.3 Å². The summed E-state index contributed by atoms with van der Waals surface area (Å²) >= 11 is 6.83. The summed E-state index contributed by atoms with van der Waals surface area (Å²) in [5.74, 6) is 0.498. The van der Waals surface area contributed by atoms with Crippen molar-refractivity contribution < 1.29 is 14.3 Å². The molecule has 25 heavy (non-hydrogen) atoms. The molecule has 1 N–H and O–H groups in total. The van der Waals surface area contributed by atoms with Crippen molar-refractivity contribution in [2.24, 2.45) is 0 Å². The van der Waals surface area contributed by atoms with Crippen LogP contribution in [0.3, 0.4) is 0 Å². The number of rotatable bonds is 1. The van der Waals surface area contributed by atoms with Gasteiger partial charge in [0.1, 0.15) is 17.4 Å². The topological polar surface area (TPSA) is 60.5 Å². The molecule has 1 aromatic carbocycles. The van der Waals surface area contributed by atoms with Gasteiger partial charge in [0, 0.05) is 30.3 Å². The summed E-state index contributed by atoms with van der Waals surface area (Å²) < 4.78 is 11.3. The first kappa shape index (κ1) is 16.6. The average molecular weight is 361 g/mol. The summed E-state index contributed by atoms with van der Waals surface area (Å²) in [5.41, 5.74) is 3.45. The summed E-state index contributed by atoms with van der Waals surface area (Å²) in [6.45, 7) is 4.57. The lowest BCUT2D eigenvalue weighted by Gasteiger charge is -2.38. The summed E-state index contributed by atoms with van der Waals surface area (Å²) in [5, 5.41) is 4.07. The van der Waals surface area contributed by atoms with E-state index in [-0.39, 0.29) is 17.4 Å². The Morgan fingerprint density at radius 1 is 1.40 bits per heavy atom. The van der Waals surface area contributed by atoms with Gasteiger partial charge in [-0.1, -0.05) is 11.6 Å². The first-order valence-electron chi connectivity index (χ1n) is 8.47. The number of nitrogens with zero attached hydrogens (tertiary/aromatic N) is 1. The van der Waals surface area contributed by atoms with E-state index in [1.807, 2.05) is 13.0 Å². The molecule has 2 aliphatic heterocycles. The van der Waals surface area contributed by atoms with Crippen molar-refractivity contribution in [1.82, 2.24) is 10.3 Å². The molecule has 2 aromatic rings. The number of hydrogen-bond donors (Lipinski definition) is 1. The van der Waals surface area contributed by atoms with Crippen molar-refractivity contribution in [3.8, 4) is 5.75 Å². The summed E-state index contributed by atoms with van der Waals surface area (Å²) in [6.07, 6.45) is 1.20. The molecule has 0 amide bonds. The minimum atomic E-state index is -0.498. The minimum absolute atomic E-state index is 0.187. The maximum atomic E-state index is 11.9. The van der Waals surface area contributed by atoms with E-state index in [0.29, 0.717) is 19.4 Å². The van der Waals surface area contributed by atoms with Crippen LogP contribution in [0.1, 0.15) is 35.0 Å². The molecular formula is C19H21ClN2O3. The Morgan fingerprint density at radius 3 is 2.96 bits per heavy atom. The zero-order valence-electron chi connectivity index (χ0n) is 14.6. The predicted octanol–water partition coefficient (Wildman–Crippen LogP) is 3.19. The lowest BCUT2D eigenvalue weighted by Crippen LogP contribution is -2.42. The summed E-state index contributed by atoms with van der Waals surface area (Å²) in [4.78, 5) is 16.6. The van der Waals surface area contributed by atoms with Crippen LogP contribution in [0.2, 0.25) is 0 Å². The lowest BCUT2D eigenvalue weighted by molar-refractivity contribution is -0.143. The number of hydrogen-bond acceptors (Lipinski definition) is 5. The zero-order chi connectivity index (χ0) is 17.8. The number of ether oxygens (including phenoxy) is 2. The van der Waals surface area contributed by atoms with Crippen molar-refractivity contribution in [2.75, 3.05) is 13.7 Å². The Bertz CT molecular complexity index is 869. The third kappa shape index (κ3) is 2.66. The molecule has 3 atom stereocenters. The Hall–Kier alpha value is -1.85. The normalized spacial score (nSPS) is 28.0. The van der Waals surface area contributed by atoms with Crippen LogP contribution in [0.4, 0.5) is 0 Å². The van der Waals surface area contributed by atoms with Gasteiger partial charge in [0.2, 0.25) is 0 Å². The van der Waals surface area contributed by atoms with Crippen LogP contribution in [0.5, 0.6) is 5.75 Å². The molecule has 1 spiro atoms. The van der Waals surface area contributed by atoms with Crippen LogP contribution in [-0.2, 0) is 9.53 Å². The number of halogens is 1. The number of aromatic nitrogens is 1. The largest absolute Gasteiger partial charge is 0.484 e. The van der Waals surface area contributed by atoms with Crippen molar-refractivity contribution >= 4 is 28.5 Å². The fourth-order valence-corrected chi connectivity index (χ4v) is 4.50. The maximum Gasteiger partial charge on any atom is 0.323 e. The third-order valence-electron chi connectivity index (χ3n) is 5.22. The van der Waals surface area contributed by atoms with Crippen molar-refractivity contribution in [3.63, 3.8) is 0 Å². The minimum Gasteiger partial charge on any atom is -0.484 e. The van der Waals surface area contributed by atoms with E-state index >= 15 is 0 Å². The van der Waals surface area contributed by atoms with Crippen LogP contribution in [0.25, 0.3) is 10.9 Å². The second kappa shape index (κ2) is 5.85. The van der Waals surface area contributed by atoms with Gasteiger partial charge in [-0.15, -0.1) is 11.6 Å². The first-order chi connectivity index (χ1) is 11.9. The molecule has 132 valence electrons. The molecule has 1 fully saturated rings. The van der Waals surface area contributed by atoms with Gasteiger partial charge in [0.15, 0.2) is 0 Å². The number of carbonyl (C=O) groups excluding carboxylic acids is 1. The summed E-state index contributed by atoms with van der Waals surface area (Å²) in [6, 6.07) is 5.83. The van der Waals surface area contributed by atoms with Gasteiger partial charge in [-0.05, 0) is 26.0 Å². The molecule has 1 aromatic heterocycles. The third-order valence-corrected chi connectivity index (χ3v) is 5.59. The molecule has 2 aliphatic rings. The van der Waals surface area contributed by atoms with Crippen molar-refractivity contribution in [3.05, 3.63) is 35.0 Å². The fraction of sp³-hybridized carbons (Fsp3) is 0.474. The number of esters is 1. The molecular weight excluding hydrogens is 340 g/mol. The van der Waals surface area contributed by atoms with Gasteiger partial charge in [0.05, 0.1) is 23.7 Å². The van der Waals surface area contributed by atoms with Gasteiger partial charge >= 0.3 is 5.97 Å². The van der Waals surface area contributed by atoms with Crippen LogP contribution < -0.4 is 10.1 Å². The SMILES string of the molecule is COC(=O)C1CC2(CN1)CC(Cl)c1c(c(C)nc3ccc(C)cc13)O2. The second-order valence-electron chi connectivity index (χ2n) is 7.08. The number of benzene rings is 1. The number of carbonyl (C=O) groups is 1. The fourth-order valence-electron chi connectivity index (χ4n) is 4.01. The molecule has 5 nitrogen and oxygen atoms in total. The monoisotopic (exact) mass is 360 g/mol. The highest BCUT2D eigenvalue weighted by Gasteiger charge is 2.49. The number of alkyl halides is 1. The van der Waals surface area contributed by atoms with E-state index in [1.165, 1.54) is 7.11 Å². The number of methoxy groups -OCH3 is 1. The van der Waals surface area contributed by atoms with Crippen LogP contribution in [0, 0.1) is 13.8 Å². The number of nitrogens with one attached hydrogen (secondary N) is 1.